The van der Waals surface area contributed by atoms with Crippen LogP contribution in [0.25, 0.3) is 0 Å². The van der Waals surface area contributed by atoms with E-state index in [9.17, 15) is 9.59 Å². The number of thiocarbonyl (C=S) groups is 1. The van der Waals surface area contributed by atoms with Crippen LogP contribution in [0.4, 0.5) is 0 Å². The molecule has 2 bridgehead atoms. The Morgan fingerprint density at radius 3 is 2.77 bits per heavy atom. The van der Waals surface area contributed by atoms with Crippen LogP contribution in [0.1, 0.15) is 43.7 Å². The highest BCUT2D eigenvalue weighted by atomic mass is 32.1. The third-order valence-corrected chi connectivity index (χ3v) is 6.99. The molecule has 2 saturated heterocycles. The van der Waals surface area contributed by atoms with Crippen molar-refractivity contribution in [3.63, 3.8) is 0 Å². The first-order valence-corrected chi connectivity index (χ1v) is 11.7. The molecule has 0 radical (unpaired) electrons. The minimum Gasteiger partial charge on any atom is -0.355 e. The van der Waals surface area contributed by atoms with E-state index in [1.54, 1.807) is 6.07 Å². The SMILES string of the molecule is O=C(CNC(=S)N1C[C@H]2C[C@@H](C1)c1cccc(=O)n1C2)NCCCN1CCCCC1. The van der Waals surface area contributed by atoms with Crippen molar-refractivity contribution >= 4 is 23.2 Å². The van der Waals surface area contributed by atoms with Gasteiger partial charge in [0.15, 0.2) is 5.11 Å². The van der Waals surface area contributed by atoms with E-state index >= 15 is 0 Å². The number of carbonyl (C=O) groups excluding carboxylic acids is 1. The Labute approximate surface area is 183 Å². The number of fused-ring (bicyclic) bond motifs is 4. The Morgan fingerprint density at radius 1 is 1.10 bits per heavy atom. The first kappa shape index (κ1) is 21.3. The van der Waals surface area contributed by atoms with Crippen LogP contribution >= 0.6 is 12.2 Å². The molecular weight excluding hydrogens is 398 g/mol. The number of hydrogen-bond donors (Lipinski definition) is 2. The first-order valence-electron chi connectivity index (χ1n) is 11.3. The Hall–Kier alpha value is -1.93. The van der Waals surface area contributed by atoms with Crippen molar-refractivity contribution in [1.82, 2.24) is 25.0 Å². The molecule has 2 fully saturated rings. The minimum atomic E-state index is -0.00917. The molecule has 2 N–H and O–H groups in total. The lowest BCUT2D eigenvalue weighted by molar-refractivity contribution is -0.120. The van der Waals surface area contributed by atoms with Crippen LogP contribution in [0, 0.1) is 5.92 Å². The van der Waals surface area contributed by atoms with Gasteiger partial charge >= 0.3 is 0 Å². The molecule has 0 saturated carbocycles. The quantitative estimate of drug-likeness (QED) is 0.520. The largest absolute Gasteiger partial charge is 0.355 e. The molecule has 3 aliphatic rings. The summed E-state index contributed by atoms with van der Waals surface area (Å²) in [5, 5.41) is 6.77. The summed E-state index contributed by atoms with van der Waals surface area (Å²) in [5.41, 5.74) is 1.20. The molecule has 4 heterocycles. The highest BCUT2D eigenvalue weighted by molar-refractivity contribution is 7.80. The van der Waals surface area contributed by atoms with Crippen LogP contribution in [-0.4, -0.2) is 71.2 Å². The van der Waals surface area contributed by atoms with Crippen molar-refractivity contribution in [2.75, 3.05) is 45.8 Å². The van der Waals surface area contributed by atoms with Gasteiger partial charge in [-0.1, -0.05) is 12.5 Å². The molecular formula is C22H33N5O2S. The van der Waals surface area contributed by atoms with Crippen LogP contribution in [-0.2, 0) is 11.3 Å². The van der Waals surface area contributed by atoms with E-state index in [0.717, 1.165) is 44.7 Å². The first-order chi connectivity index (χ1) is 14.6. The third-order valence-electron chi connectivity index (χ3n) is 6.59. The predicted molar refractivity (Wildman–Crippen MR) is 122 cm³/mol. The number of nitrogens with zero attached hydrogens (tertiary/aromatic N) is 3. The van der Waals surface area contributed by atoms with Gasteiger partial charge < -0.3 is 25.0 Å². The molecule has 1 aromatic heterocycles. The van der Waals surface area contributed by atoms with Crippen molar-refractivity contribution in [3.8, 4) is 0 Å². The number of amides is 1. The molecule has 0 spiro atoms. The Balaban J connectivity index is 1.18. The van der Waals surface area contributed by atoms with Gasteiger partial charge in [-0.25, -0.2) is 0 Å². The van der Waals surface area contributed by atoms with Crippen molar-refractivity contribution in [2.24, 2.45) is 5.92 Å². The number of pyridine rings is 1. The molecule has 0 aliphatic carbocycles. The summed E-state index contributed by atoms with van der Waals surface area (Å²) >= 11 is 5.58. The third kappa shape index (κ3) is 5.21. The summed E-state index contributed by atoms with van der Waals surface area (Å²) in [5.74, 6) is 0.722. The topological polar surface area (TPSA) is 69.6 Å². The van der Waals surface area contributed by atoms with Crippen molar-refractivity contribution < 1.29 is 4.79 Å². The highest BCUT2D eigenvalue weighted by Crippen LogP contribution is 2.34. The van der Waals surface area contributed by atoms with Crippen molar-refractivity contribution in [1.29, 1.82) is 0 Å². The summed E-state index contributed by atoms with van der Waals surface area (Å²) in [6, 6.07) is 5.54. The van der Waals surface area contributed by atoms with Gasteiger partial charge in [-0.05, 0) is 69.5 Å². The molecule has 7 nitrogen and oxygen atoms in total. The molecule has 1 amide bonds. The van der Waals surface area contributed by atoms with Gasteiger partial charge in [0, 0.05) is 43.9 Å². The zero-order valence-electron chi connectivity index (χ0n) is 17.6. The molecule has 4 rings (SSSR count). The summed E-state index contributed by atoms with van der Waals surface area (Å²) in [4.78, 5) is 29.0. The van der Waals surface area contributed by atoms with Gasteiger partial charge in [-0.15, -0.1) is 0 Å². The second-order valence-electron chi connectivity index (χ2n) is 8.87. The fourth-order valence-corrected chi connectivity index (χ4v) is 5.33. The van der Waals surface area contributed by atoms with Gasteiger partial charge in [0.05, 0.1) is 6.54 Å². The number of carbonyl (C=O) groups is 1. The molecule has 8 heteroatoms. The van der Waals surface area contributed by atoms with Crippen LogP contribution in [0.3, 0.4) is 0 Å². The Kier molecular flexibility index (Phi) is 7.04. The molecule has 1 aromatic rings. The lowest BCUT2D eigenvalue weighted by Gasteiger charge is -2.43. The Bertz CT molecular complexity index is 820. The lowest BCUT2D eigenvalue weighted by atomic mass is 9.83. The van der Waals surface area contributed by atoms with E-state index in [4.69, 9.17) is 12.2 Å². The van der Waals surface area contributed by atoms with E-state index in [0.29, 0.717) is 23.5 Å². The van der Waals surface area contributed by atoms with E-state index < -0.39 is 0 Å². The number of likely N-dealkylation sites (tertiary alicyclic amines) is 2. The fraction of sp³-hybridized carbons (Fsp3) is 0.682. The maximum Gasteiger partial charge on any atom is 0.250 e. The van der Waals surface area contributed by atoms with Crippen LogP contribution < -0.4 is 16.2 Å². The molecule has 2 atom stereocenters. The van der Waals surface area contributed by atoms with Gasteiger partial charge in [0.1, 0.15) is 0 Å². The monoisotopic (exact) mass is 431 g/mol. The molecule has 0 unspecified atom stereocenters. The van der Waals surface area contributed by atoms with Crippen LogP contribution in [0.2, 0.25) is 0 Å². The summed E-state index contributed by atoms with van der Waals surface area (Å²) < 4.78 is 1.92. The maximum atomic E-state index is 12.2. The summed E-state index contributed by atoms with van der Waals surface area (Å²) in [7, 11) is 0. The van der Waals surface area contributed by atoms with E-state index in [1.807, 2.05) is 10.6 Å². The molecule has 3 aliphatic heterocycles. The van der Waals surface area contributed by atoms with Crippen LogP contribution in [0.15, 0.2) is 23.0 Å². The maximum absolute atomic E-state index is 12.2. The van der Waals surface area contributed by atoms with Gasteiger partial charge in [-0.3, -0.25) is 9.59 Å². The number of aromatic nitrogens is 1. The molecule has 30 heavy (non-hydrogen) atoms. The highest BCUT2D eigenvalue weighted by Gasteiger charge is 2.35. The number of hydrogen-bond acceptors (Lipinski definition) is 4. The second kappa shape index (κ2) is 9.92. The second-order valence-corrected chi connectivity index (χ2v) is 9.25. The lowest BCUT2D eigenvalue weighted by Crippen LogP contribution is -2.52. The van der Waals surface area contributed by atoms with Crippen LogP contribution in [0.5, 0.6) is 0 Å². The van der Waals surface area contributed by atoms with Crippen molar-refractivity contribution in [3.05, 3.63) is 34.2 Å². The smallest absolute Gasteiger partial charge is 0.250 e. The zero-order chi connectivity index (χ0) is 20.9. The standard InChI is InChI=1S/C22H33N5O2S/c28-20(23-8-5-11-25-9-2-1-3-10-25)13-24-22(30)26-14-17-12-18(16-26)19-6-4-7-21(29)27(19)15-17/h4,6-7,17-18H,1-3,5,8-16H2,(H,23,28)(H,24,30)/t17-,18+/m1/s1. The average Bonchev–Trinajstić information content (AvgIpc) is 2.76. The summed E-state index contributed by atoms with van der Waals surface area (Å²) in [6.07, 6.45) is 6.04. The zero-order valence-corrected chi connectivity index (χ0v) is 18.5. The van der Waals surface area contributed by atoms with Gasteiger partial charge in [0.25, 0.3) is 5.56 Å². The number of rotatable bonds is 6. The molecule has 164 valence electrons. The van der Waals surface area contributed by atoms with Gasteiger partial charge in [0.2, 0.25) is 5.91 Å². The molecule has 0 aromatic carbocycles. The minimum absolute atomic E-state index is 0.00917. The van der Waals surface area contributed by atoms with Gasteiger partial charge in [-0.2, -0.15) is 0 Å². The fourth-order valence-electron chi connectivity index (χ4n) is 5.11. The van der Waals surface area contributed by atoms with E-state index in [-0.39, 0.29) is 18.0 Å². The number of nitrogens with one attached hydrogen (secondary N) is 2. The van der Waals surface area contributed by atoms with E-state index in [2.05, 4.69) is 26.5 Å². The summed E-state index contributed by atoms with van der Waals surface area (Å²) in [6.45, 7) is 6.76. The number of piperidine rings is 2. The normalized spacial score (nSPS) is 23.5. The average molecular weight is 432 g/mol. The van der Waals surface area contributed by atoms with E-state index in [1.165, 1.54) is 32.4 Å². The Morgan fingerprint density at radius 2 is 1.93 bits per heavy atom. The van der Waals surface area contributed by atoms with Crippen molar-refractivity contribution in [2.45, 2.75) is 44.6 Å². The predicted octanol–water partition coefficient (Wildman–Crippen LogP) is 1.13.